The van der Waals surface area contributed by atoms with Crippen molar-refractivity contribution in [3.8, 4) is 0 Å². The van der Waals surface area contributed by atoms with Gasteiger partial charge in [0.15, 0.2) is 4.77 Å². The van der Waals surface area contributed by atoms with Crippen LogP contribution in [0.2, 0.25) is 0 Å². The zero-order valence-electron chi connectivity index (χ0n) is 12.9. The van der Waals surface area contributed by atoms with Crippen molar-refractivity contribution in [2.24, 2.45) is 0 Å². The highest BCUT2D eigenvalue weighted by atomic mass is 32.1. The van der Waals surface area contributed by atoms with Gasteiger partial charge >= 0.3 is 0 Å². The third kappa shape index (κ3) is 3.43. The lowest BCUT2D eigenvalue weighted by molar-refractivity contribution is 0.275. The highest BCUT2D eigenvalue weighted by molar-refractivity contribution is 7.71. The van der Waals surface area contributed by atoms with E-state index in [0.29, 0.717) is 24.5 Å². The fraction of sp³-hybridized carbons (Fsp3) is 0.294. The van der Waals surface area contributed by atoms with Crippen molar-refractivity contribution in [3.63, 3.8) is 0 Å². The first kappa shape index (κ1) is 15.7. The minimum atomic E-state index is -0.109. The number of anilines is 1. The number of benzene rings is 1. The van der Waals surface area contributed by atoms with E-state index >= 15 is 0 Å². The van der Waals surface area contributed by atoms with Crippen LogP contribution in [0.25, 0.3) is 0 Å². The number of aromatic amines is 1. The monoisotopic (exact) mass is 328 g/mol. The Hall–Kier alpha value is -2.18. The summed E-state index contributed by atoms with van der Waals surface area (Å²) in [4.78, 5) is 17.2. The summed E-state index contributed by atoms with van der Waals surface area (Å²) in [5.74, 6) is 0.814. The molecule has 0 bridgehead atoms. The Morgan fingerprint density at radius 2 is 2.09 bits per heavy atom. The molecule has 0 atom stereocenters. The summed E-state index contributed by atoms with van der Waals surface area (Å²) in [6.45, 7) is 6.55. The molecule has 0 saturated heterocycles. The molecule has 0 amide bonds. The molecule has 3 rings (SSSR count). The van der Waals surface area contributed by atoms with Crippen molar-refractivity contribution in [3.05, 3.63) is 69.2 Å². The Kier molecular flexibility index (Phi) is 4.73. The second kappa shape index (κ2) is 6.93. The number of nitrogens with zero attached hydrogens (tertiary/aromatic N) is 2. The molecule has 120 valence electrons. The number of hydrogen-bond acceptors (Lipinski definition) is 4. The number of allylic oxidation sites excluding steroid dienone is 1. The average molecular weight is 328 g/mol. The first-order valence-corrected chi connectivity index (χ1v) is 8.07. The maximum atomic E-state index is 12.2. The van der Waals surface area contributed by atoms with Crippen molar-refractivity contribution in [1.82, 2.24) is 14.5 Å². The molecule has 2 N–H and O–H groups in total. The molecule has 1 aromatic heterocycles. The molecule has 0 radical (unpaired) electrons. The van der Waals surface area contributed by atoms with Gasteiger partial charge in [-0.2, -0.15) is 0 Å². The van der Waals surface area contributed by atoms with Gasteiger partial charge in [0, 0.05) is 19.6 Å². The van der Waals surface area contributed by atoms with Crippen molar-refractivity contribution in [1.29, 1.82) is 0 Å². The van der Waals surface area contributed by atoms with Gasteiger partial charge < -0.3 is 9.88 Å². The van der Waals surface area contributed by atoms with E-state index in [-0.39, 0.29) is 5.56 Å². The van der Waals surface area contributed by atoms with Crippen molar-refractivity contribution in [2.75, 3.05) is 18.5 Å². The topological polar surface area (TPSA) is 53.1 Å². The van der Waals surface area contributed by atoms with Gasteiger partial charge in [0.05, 0.1) is 12.2 Å². The molecule has 2 aromatic rings. The normalized spacial score (nSPS) is 14.1. The van der Waals surface area contributed by atoms with E-state index in [1.807, 2.05) is 22.8 Å². The number of aromatic nitrogens is 2. The molecular weight excluding hydrogens is 308 g/mol. The zero-order valence-corrected chi connectivity index (χ0v) is 13.7. The van der Waals surface area contributed by atoms with Crippen LogP contribution in [0.1, 0.15) is 11.1 Å². The van der Waals surface area contributed by atoms with Crippen LogP contribution < -0.4 is 10.9 Å². The molecule has 0 saturated carbocycles. The van der Waals surface area contributed by atoms with Crippen LogP contribution in [0.4, 0.5) is 5.82 Å². The van der Waals surface area contributed by atoms with E-state index < -0.39 is 0 Å². The Morgan fingerprint density at radius 1 is 1.30 bits per heavy atom. The summed E-state index contributed by atoms with van der Waals surface area (Å²) in [6.07, 6.45) is 2.74. The van der Waals surface area contributed by atoms with Gasteiger partial charge in [-0.1, -0.05) is 36.4 Å². The summed E-state index contributed by atoms with van der Waals surface area (Å²) in [7, 11) is 0. The maximum absolute atomic E-state index is 12.2. The van der Waals surface area contributed by atoms with Crippen LogP contribution >= 0.6 is 12.2 Å². The predicted octanol–water partition coefficient (Wildman–Crippen LogP) is 2.52. The summed E-state index contributed by atoms with van der Waals surface area (Å²) in [5.41, 5.74) is 1.93. The van der Waals surface area contributed by atoms with Gasteiger partial charge in [0.2, 0.25) is 0 Å². The van der Waals surface area contributed by atoms with Crippen molar-refractivity contribution < 1.29 is 0 Å². The van der Waals surface area contributed by atoms with Crippen LogP contribution in [0, 0.1) is 4.77 Å². The van der Waals surface area contributed by atoms with Gasteiger partial charge in [-0.3, -0.25) is 14.7 Å². The van der Waals surface area contributed by atoms with E-state index in [2.05, 4.69) is 33.9 Å². The number of hydrogen-bond donors (Lipinski definition) is 2. The lowest BCUT2D eigenvalue weighted by Crippen LogP contribution is -2.40. The van der Waals surface area contributed by atoms with Crippen LogP contribution in [-0.4, -0.2) is 27.7 Å². The minimum absolute atomic E-state index is 0.109. The molecular formula is C17H20N4OS. The standard InChI is InChI=1S/C17H20N4OS/c1-2-9-21-15-14(16(22)19-17(21)23)11-20(12-18-15)10-8-13-6-4-3-5-7-13/h2-7,18H,1,8-12H2,(H,19,22,23). The molecule has 23 heavy (non-hydrogen) atoms. The zero-order chi connectivity index (χ0) is 16.2. The number of rotatable bonds is 5. The lowest BCUT2D eigenvalue weighted by atomic mass is 10.1. The molecule has 1 aliphatic heterocycles. The summed E-state index contributed by atoms with van der Waals surface area (Å²) in [6, 6.07) is 10.4. The van der Waals surface area contributed by atoms with E-state index in [1.165, 1.54) is 5.56 Å². The first-order valence-electron chi connectivity index (χ1n) is 7.66. The van der Waals surface area contributed by atoms with Gasteiger partial charge in [0.25, 0.3) is 5.56 Å². The molecule has 2 heterocycles. The average Bonchev–Trinajstić information content (AvgIpc) is 2.58. The lowest BCUT2D eigenvalue weighted by Gasteiger charge is -2.31. The summed E-state index contributed by atoms with van der Waals surface area (Å²) < 4.78 is 2.31. The molecule has 1 aromatic carbocycles. The number of nitrogens with one attached hydrogen (secondary N) is 2. The number of fused-ring (bicyclic) bond motifs is 1. The summed E-state index contributed by atoms with van der Waals surface area (Å²) >= 11 is 5.24. The van der Waals surface area contributed by atoms with Crippen LogP contribution in [0.15, 0.2) is 47.8 Å². The fourth-order valence-corrected chi connectivity index (χ4v) is 3.08. The fourth-order valence-electron chi connectivity index (χ4n) is 2.82. The van der Waals surface area contributed by atoms with Gasteiger partial charge in [-0.05, 0) is 24.2 Å². The van der Waals surface area contributed by atoms with Crippen LogP contribution in [-0.2, 0) is 19.5 Å². The van der Waals surface area contributed by atoms with Crippen molar-refractivity contribution in [2.45, 2.75) is 19.5 Å². The largest absolute Gasteiger partial charge is 0.358 e. The molecule has 0 unspecified atom stereocenters. The molecule has 5 nitrogen and oxygen atoms in total. The molecule has 0 spiro atoms. The Bertz CT molecular complexity index is 810. The molecule has 6 heteroatoms. The smallest absolute Gasteiger partial charge is 0.258 e. The quantitative estimate of drug-likeness (QED) is 0.654. The second-order valence-corrected chi connectivity index (χ2v) is 6.00. The van der Waals surface area contributed by atoms with E-state index in [4.69, 9.17) is 12.2 Å². The Balaban J connectivity index is 1.78. The number of H-pyrrole nitrogens is 1. The Morgan fingerprint density at radius 3 is 2.83 bits per heavy atom. The van der Waals surface area contributed by atoms with Crippen LogP contribution in [0.5, 0.6) is 0 Å². The Labute approximate surface area is 140 Å². The maximum Gasteiger partial charge on any atom is 0.258 e. The molecule has 0 fully saturated rings. The highest BCUT2D eigenvalue weighted by Gasteiger charge is 2.21. The highest BCUT2D eigenvalue weighted by Crippen LogP contribution is 2.19. The van der Waals surface area contributed by atoms with Crippen molar-refractivity contribution >= 4 is 18.0 Å². The van der Waals surface area contributed by atoms with E-state index in [1.54, 1.807) is 6.08 Å². The van der Waals surface area contributed by atoms with Crippen LogP contribution in [0.3, 0.4) is 0 Å². The van der Waals surface area contributed by atoms with E-state index in [0.717, 1.165) is 24.3 Å². The van der Waals surface area contributed by atoms with Gasteiger partial charge in [-0.15, -0.1) is 6.58 Å². The SMILES string of the molecule is C=CCn1c2c(c(=O)[nH]c1=S)CN(CCc1ccccc1)CN2. The van der Waals surface area contributed by atoms with Gasteiger partial charge in [0.1, 0.15) is 5.82 Å². The second-order valence-electron chi connectivity index (χ2n) is 5.61. The molecule has 0 aliphatic carbocycles. The first-order chi connectivity index (χ1) is 11.2. The van der Waals surface area contributed by atoms with E-state index in [9.17, 15) is 4.79 Å². The third-order valence-corrected chi connectivity index (χ3v) is 4.34. The minimum Gasteiger partial charge on any atom is -0.358 e. The molecule has 1 aliphatic rings. The van der Waals surface area contributed by atoms with Gasteiger partial charge in [-0.25, -0.2) is 0 Å². The third-order valence-electron chi connectivity index (χ3n) is 4.02. The predicted molar refractivity (Wildman–Crippen MR) is 95.1 cm³/mol. The summed E-state index contributed by atoms with van der Waals surface area (Å²) in [5, 5.41) is 3.34.